The fourth-order valence-electron chi connectivity index (χ4n) is 3.29. The molecule has 2 aromatic heterocycles. The second-order valence-electron chi connectivity index (χ2n) is 7.50. The molecule has 0 spiro atoms. The molecule has 2 atom stereocenters. The van der Waals surface area contributed by atoms with Crippen molar-refractivity contribution in [2.24, 2.45) is 11.0 Å². The van der Waals surface area contributed by atoms with Gasteiger partial charge in [0.25, 0.3) is 11.5 Å². The average Bonchev–Trinajstić information content (AvgIpc) is 3.22. The van der Waals surface area contributed by atoms with Crippen molar-refractivity contribution in [2.45, 2.75) is 39.2 Å². The van der Waals surface area contributed by atoms with Gasteiger partial charge in [0.2, 0.25) is 0 Å². The number of benzene rings is 1. The number of rotatable bonds is 5. The lowest BCUT2D eigenvalue weighted by atomic mass is 10.1. The summed E-state index contributed by atoms with van der Waals surface area (Å²) >= 11 is 0. The highest BCUT2D eigenvalue weighted by molar-refractivity contribution is 6.04. The SMILES string of the molecule is CC(C)n1nc(C(=O)N/N=C\c2ccc([C@@H]3C[C@@H]3C)o2)c2ccccc2c1=O. The molecule has 0 radical (unpaired) electrons. The van der Waals surface area contributed by atoms with Crippen molar-refractivity contribution in [3.63, 3.8) is 0 Å². The maximum absolute atomic E-state index is 12.7. The molecule has 0 aliphatic heterocycles. The Kier molecular flexibility index (Phi) is 4.58. The Hall–Kier alpha value is -3.22. The molecule has 1 aromatic carbocycles. The van der Waals surface area contributed by atoms with E-state index in [2.05, 4.69) is 22.5 Å². The summed E-state index contributed by atoms with van der Waals surface area (Å²) in [5, 5.41) is 9.21. The molecule has 1 N–H and O–H groups in total. The van der Waals surface area contributed by atoms with Crippen molar-refractivity contribution in [2.75, 3.05) is 0 Å². The van der Waals surface area contributed by atoms with Crippen molar-refractivity contribution in [1.29, 1.82) is 0 Å². The predicted molar refractivity (Wildman–Crippen MR) is 107 cm³/mol. The van der Waals surface area contributed by atoms with Crippen molar-refractivity contribution in [3.8, 4) is 0 Å². The topological polar surface area (TPSA) is 89.5 Å². The highest BCUT2D eigenvalue weighted by atomic mass is 16.3. The van der Waals surface area contributed by atoms with Crippen LogP contribution in [0.4, 0.5) is 0 Å². The monoisotopic (exact) mass is 378 g/mol. The van der Waals surface area contributed by atoms with Crippen LogP contribution in [0.2, 0.25) is 0 Å². The summed E-state index contributed by atoms with van der Waals surface area (Å²) in [6, 6.07) is 10.6. The summed E-state index contributed by atoms with van der Waals surface area (Å²) in [6.45, 7) is 5.88. The van der Waals surface area contributed by atoms with Crippen LogP contribution >= 0.6 is 0 Å². The number of fused-ring (bicyclic) bond motifs is 1. The van der Waals surface area contributed by atoms with Gasteiger partial charge in [0.1, 0.15) is 11.5 Å². The number of carbonyl (C=O) groups excluding carboxylic acids is 1. The van der Waals surface area contributed by atoms with Crippen LogP contribution in [-0.2, 0) is 0 Å². The molecular weight excluding hydrogens is 356 g/mol. The van der Waals surface area contributed by atoms with E-state index in [0.29, 0.717) is 28.4 Å². The quantitative estimate of drug-likeness (QED) is 0.544. The molecule has 1 amide bonds. The van der Waals surface area contributed by atoms with E-state index in [0.717, 1.165) is 12.2 Å². The zero-order chi connectivity index (χ0) is 19.8. The van der Waals surface area contributed by atoms with Crippen LogP contribution < -0.4 is 11.0 Å². The summed E-state index contributed by atoms with van der Waals surface area (Å²) in [6.07, 6.45) is 2.61. The standard InChI is InChI=1S/C21H22N4O3/c1-12(2)25-21(27)16-7-5-4-6-15(16)19(24-25)20(26)23-22-11-14-8-9-18(28-14)17-10-13(17)3/h4-9,11-13,17H,10H2,1-3H3,(H,23,26)/b22-11-/t13-,17+/m0/s1. The van der Waals surface area contributed by atoms with Crippen LogP contribution in [-0.4, -0.2) is 21.9 Å². The molecule has 3 aromatic rings. The lowest BCUT2D eigenvalue weighted by Gasteiger charge is -2.12. The molecule has 28 heavy (non-hydrogen) atoms. The number of hydrogen-bond donors (Lipinski definition) is 1. The van der Waals surface area contributed by atoms with E-state index in [9.17, 15) is 9.59 Å². The number of nitrogens with one attached hydrogen (secondary N) is 1. The van der Waals surface area contributed by atoms with Gasteiger partial charge >= 0.3 is 0 Å². The maximum Gasteiger partial charge on any atom is 0.292 e. The van der Waals surface area contributed by atoms with Crippen LogP contribution in [0.5, 0.6) is 0 Å². The third kappa shape index (κ3) is 3.35. The van der Waals surface area contributed by atoms with Crippen molar-refractivity contribution in [1.82, 2.24) is 15.2 Å². The van der Waals surface area contributed by atoms with E-state index in [1.165, 1.54) is 10.9 Å². The molecule has 0 unspecified atom stereocenters. The maximum atomic E-state index is 12.7. The molecule has 7 nitrogen and oxygen atoms in total. The first-order valence-electron chi connectivity index (χ1n) is 9.40. The Morgan fingerprint density at radius 1 is 1.29 bits per heavy atom. The second-order valence-corrected chi connectivity index (χ2v) is 7.50. The lowest BCUT2D eigenvalue weighted by molar-refractivity contribution is 0.0949. The Morgan fingerprint density at radius 3 is 2.68 bits per heavy atom. The Bertz CT molecular complexity index is 1130. The van der Waals surface area contributed by atoms with Crippen LogP contribution in [0.3, 0.4) is 0 Å². The fraction of sp³-hybridized carbons (Fsp3) is 0.333. The first-order valence-corrected chi connectivity index (χ1v) is 9.40. The highest BCUT2D eigenvalue weighted by Gasteiger charge is 2.36. The Morgan fingerprint density at radius 2 is 2.00 bits per heavy atom. The first-order chi connectivity index (χ1) is 13.5. The summed E-state index contributed by atoms with van der Waals surface area (Å²) in [4.78, 5) is 25.2. The van der Waals surface area contributed by atoms with Gasteiger partial charge in [-0.15, -0.1) is 0 Å². The summed E-state index contributed by atoms with van der Waals surface area (Å²) < 4.78 is 7.06. The minimum atomic E-state index is -0.482. The van der Waals surface area contributed by atoms with Gasteiger partial charge in [0.05, 0.1) is 17.6 Å². The number of aromatic nitrogens is 2. The van der Waals surface area contributed by atoms with Crippen molar-refractivity contribution < 1.29 is 9.21 Å². The number of hydrogen-bond acceptors (Lipinski definition) is 5. The average molecular weight is 378 g/mol. The van der Waals surface area contributed by atoms with Gasteiger partial charge in [0.15, 0.2) is 5.69 Å². The van der Waals surface area contributed by atoms with Crippen LogP contribution in [0, 0.1) is 5.92 Å². The minimum Gasteiger partial charge on any atom is -0.460 e. The van der Waals surface area contributed by atoms with Crippen LogP contribution in [0.1, 0.15) is 61.2 Å². The van der Waals surface area contributed by atoms with Gasteiger partial charge in [0, 0.05) is 11.3 Å². The van der Waals surface area contributed by atoms with Gasteiger partial charge in [-0.25, -0.2) is 10.1 Å². The molecule has 1 aliphatic carbocycles. The molecule has 1 aliphatic rings. The molecular formula is C21H22N4O3. The van der Waals surface area contributed by atoms with Gasteiger partial charge in [-0.05, 0) is 44.4 Å². The number of carbonyl (C=O) groups is 1. The predicted octanol–water partition coefficient (Wildman–Crippen LogP) is 3.46. The van der Waals surface area contributed by atoms with E-state index in [-0.39, 0.29) is 17.3 Å². The molecule has 7 heteroatoms. The number of furan rings is 1. The number of amides is 1. The van der Waals surface area contributed by atoms with E-state index in [4.69, 9.17) is 4.42 Å². The molecule has 1 fully saturated rings. The van der Waals surface area contributed by atoms with Gasteiger partial charge in [-0.2, -0.15) is 10.2 Å². The molecule has 0 bridgehead atoms. The third-order valence-corrected chi connectivity index (χ3v) is 5.01. The normalized spacial score (nSPS) is 18.9. The lowest BCUT2D eigenvalue weighted by Crippen LogP contribution is -2.30. The Labute approximate surface area is 162 Å². The molecule has 4 rings (SSSR count). The smallest absolute Gasteiger partial charge is 0.292 e. The van der Waals surface area contributed by atoms with Gasteiger partial charge in [-0.1, -0.05) is 25.1 Å². The molecule has 2 heterocycles. The largest absolute Gasteiger partial charge is 0.460 e. The van der Waals surface area contributed by atoms with Crippen molar-refractivity contribution in [3.05, 3.63) is 64.0 Å². The highest BCUT2D eigenvalue weighted by Crippen LogP contribution is 2.47. The van der Waals surface area contributed by atoms with Gasteiger partial charge < -0.3 is 4.42 Å². The Balaban J connectivity index is 1.58. The van der Waals surface area contributed by atoms with E-state index in [1.807, 2.05) is 26.0 Å². The summed E-state index contributed by atoms with van der Waals surface area (Å²) in [5.74, 6) is 2.21. The summed E-state index contributed by atoms with van der Waals surface area (Å²) in [7, 11) is 0. The molecule has 1 saturated carbocycles. The third-order valence-electron chi connectivity index (χ3n) is 5.01. The van der Waals surface area contributed by atoms with E-state index < -0.39 is 5.91 Å². The second kappa shape index (κ2) is 7.07. The fourth-order valence-corrected chi connectivity index (χ4v) is 3.29. The van der Waals surface area contributed by atoms with Crippen LogP contribution in [0.15, 0.2) is 50.7 Å². The van der Waals surface area contributed by atoms with E-state index >= 15 is 0 Å². The van der Waals surface area contributed by atoms with Crippen molar-refractivity contribution >= 4 is 22.9 Å². The summed E-state index contributed by atoms with van der Waals surface area (Å²) in [5.41, 5.74) is 2.42. The van der Waals surface area contributed by atoms with E-state index in [1.54, 1.807) is 24.3 Å². The first kappa shape index (κ1) is 18.2. The zero-order valence-electron chi connectivity index (χ0n) is 16.0. The zero-order valence-corrected chi connectivity index (χ0v) is 16.0. The minimum absolute atomic E-state index is 0.160. The van der Waals surface area contributed by atoms with Crippen LogP contribution in [0.25, 0.3) is 10.8 Å². The number of nitrogens with zero attached hydrogens (tertiary/aromatic N) is 3. The molecule has 0 saturated heterocycles. The number of hydrazone groups is 1. The van der Waals surface area contributed by atoms with Gasteiger partial charge in [-0.3, -0.25) is 9.59 Å². The molecule has 144 valence electrons.